The molecular weight excluding hydrogens is 226 g/mol. The van der Waals surface area contributed by atoms with Crippen LogP contribution in [-0.4, -0.2) is 24.3 Å². The largest absolute Gasteiger partial charge is 0.467 e. The fraction of sp³-hybridized carbons (Fsp3) is 0.273. The van der Waals surface area contributed by atoms with Gasteiger partial charge in [0, 0.05) is 0 Å². The first-order valence-corrected chi connectivity index (χ1v) is 5.23. The van der Waals surface area contributed by atoms with Crippen LogP contribution in [0.1, 0.15) is 11.7 Å². The Morgan fingerprint density at radius 2 is 2.12 bits per heavy atom. The third-order valence-electron chi connectivity index (χ3n) is 2.39. The molecule has 1 N–H and O–H groups in total. The molecule has 1 fully saturated rings. The van der Waals surface area contributed by atoms with Crippen molar-refractivity contribution in [1.29, 1.82) is 0 Å². The van der Waals surface area contributed by atoms with Crippen molar-refractivity contribution < 1.29 is 14.3 Å². The van der Waals surface area contributed by atoms with Crippen LogP contribution < -0.4 is 5.32 Å². The zero-order valence-electron chi connectivity index (χ0n) is 8.67. The van der Waals surface area contributed by atoms with Crippen molar-refractivity contribution in [1.82, 2.24) is 5.32 Å². The highest BCUT2D eigenvalue weighted by molar-refractivity contribution is 7.80. The Balaban J connectivity index is 2.26. The molecule has 1 aromatic carbocycles. The van der Waals surface area contributed by atoms with Crippen molar-refractivity contribution in [3.63, 3.8) is 0 Å². The van der Waals surface area contributed by atoms with Crippen LogP contribution in [0.2, 0.25) is 0 Å². The molecule has 2 atom stereocenters. The van der Waals surface area contributed by atoms with Gasteiger partial charge in [-0.15, -0.1) is 0 Å². The average Bonchev–Trinajstić information content (AvgIpc) is 2.71. The van der Waals surface area contributed by atoms with Crippen LogP contribution in [-0.2, 0) is 14.3 Å². The van der Waals surface area contributed by atoms with E-state index in [1.54, 1.807) is 0 Å². The normalized spacial score (nSPS) is 23.4. The third-order valence-corrected chi connectivity index (χ3v) is 2.61. The molecule has 0 radical (unpaired) electrons. The Morgan fingerprint density at radius 3 is 2.75 bits per heavy atom. The van der Waals surface area contributed by atoms with Gasteiger partial charge in [0.2, 0.25) is 0 Å². The molecule has 1 heterocycles. The van der Waals surface area contributed by atoms with Crippen LogP contribution in [0.4, 0.5) is 0 Å². The molecule has 0 spiro atoms. The van der Waals surface area contributed by atoms with E-state index in [4.69, 9.17) is 21.7 Å². The smallest absolute Gasteiger partial charge is 0.332 e. The van der Waals surface area contributed by atoms with E-state index in [1.807, 2.05) is 30.3 Å². The van der Waals surface area contributed by atoms with Crippen molar-refractivity contribution in [2.24, 2.45) is 0 Å². The number of carbonyl (C=O) groups is 1. The molecular formula is C11H11NO3S. The molecule has 84 valence electrons. The molecule has 2 rings (SSSR count). The minimum Gasteiger partial charge on any atom is -0.467 e. The van der Waals surface area contributed by atoms with Gasteiger partial charge in [-0.05, 0) is 17.8 Å². The second-order valence-corrected chi connectivity index (χ2v) is 3.75. The summed E-state index contributed by atoms with van der Waals surface area (Å²) < 4.78 is 10.1. The molecule has 16 heavy (non-hydrogen) atoms. The van der Waals surface area contributed by atoms with Crippen molar-refractivity contribution in [2.45, 2.75) is 12.1 Å². The summed E-state index contributed by atoms with van der Waals surface area (Å²) in [6.45, 7) is 0. The van der Waals surface area contributed by atoms with Crippen LogP contribution in [0.5, 0.6) is 0 Å². The third kappa shape index (κ3) is 1.99. The van der Waals surface area contributed by atoms with Gasteiger partial charge in [-0.2, -0.15) is 0 Å². The summed E-state index contributed by atoms with van der Waals surface area (Å²) in [5.41, 5.74) is 0.894. The summed E-state index contributed by atoms with van der Waals surface area (Å²) in [6.07, 6.45) is -0.416. The first kappa shape index (κ1) is 10.9. The topological polar surface area (TPSA) is 47.6 Å². The predicted octanol–water partition coefficient (Wildman–Crippen LogP) is 1.17. The van der Waals surface area contributed by atoms with Gasteiger partial charge in [-0.1, -0.05) is 30.3 Å². The Labute approximate surface area is 98.5 Å². The first-order chi connectivity index (χ1) is 7.72. The van der Waals surface area contributed by atoms with E-state index >= 15 is 0 Å². The lowest BCUT2D eigenvalue weighted by Crippen LogP contribution is -2.36. The minimum atomic E-state index is -0.570. The van der Waals surface area contributed by atoms with Gasteiger partial charge in [-0.3, -0.25) is 0 Å². The van der Waals surface area contributed by atoms with E-state index in [0.717, 1.165) is 5.56 Å². The molecule has 0 saturated carbocycles. The molecule has 1 aromatic rings. The van der Waals surface area contributed by atoms with Gasteiger partial charge in [0.15, 0.2) is 12.1 Å². The molecule has 1 aliphatic rings. The van der Waals surface area contributed by atoms with E-state index in [1.165, 1.54) is 7.11 Å². The van der Waals surface area contributed by atoms with E-state index in [-0.39, 0.29) is 11.1 Å². The summed E-state index contributed by atoms with van der Waals surface area (Å²) >= 11 is 4.90. The van der Waals surface area contributed by atoms with Gasteiger partial charge in [0.05, 0.1) is 7.11 Å². The van der Waals surface area contributed by atoms with Gasteiger partial charge >= 0.3 is 5.97 Å². The number of methoxy groups -OCH3 is 1. The highest BCUT2D eigenvalue weighted by atomic mass is 32.1. The molecule has 4 nitrogen and oxygen atoms in total. The molecule has 5 heteroatoms. The van der Waals surface area contributed by atoms with E-state index in [9.17, 15) is 4.79 Å². The number of ether oxygens (including phenoxy) is 2. The van der Waals surface area contributed by atoms with Gasteiger partial charge in [-0.25, -0.2) is 4.79 Å². The predicted molar refractivity (Wildman–Crippen MR) is 61.8 cm³/mol. The van der Waals surface area contributed by atoms with Crippen LogP contribution in [0.15, 0.2) is 30.3 Å². The maximum atomic E-state index is 11.5. The quantitative estimate of drug-likeness (QED) is 0.618. The number of esters is 1. The fourth-order valence-corrected chi connectivity index (χ4v) is 1.86. The lowest BCUT2D eigenvalue weighted by molar-refractivity contribution is -0.144. The van der Waals surface area contributed by atoms with Crippen LogP contribution in [0, 0.1) is 0 Å². The summed E-state index contributed by atoms with van der Waals surface area (Å²) in [4.78, 5) is 11.5. The Hall–Kier alpha value is -1.62. The van der Waals surface area contributed by atoms with Crippen molar-refractivity contribution in [3.05, 3.63) is 35.9 Å². The van der Waals surface area contributed by atoms with Crippen LogP contribution in [0.25, 0.3) is 0 Å². The Kier molecular flexibility index (Phi) is 3.05. The molecule has 0 amide bonds. The number of carbonyl (C=O) groups excluding carboxylic acids is 1. The fourth-order valence-electron chi connectivity index (χ4n) is 1.63. The van der Waals surface area contributed by atoms with Gasteiger partial charge in [0.25, 0.3) is 5.17 Å². The lowest BCUT2D eigenvalue weighted by Gasteiger charge is -2.15. The summed E-state index contributed by atoms with van der Waals surface area (Å²) in [5, 5.41) is 3.01. The molecule has 0 unspecified atom stereocenters. The minimum absolute atomic E-state index is 0.226. The zero-order valence-corrected chi connectivity index (χ0v) is 9.49. The number of hydrogen-bond acceptors (Lipinski definition) is 4. The van der Waals surface area contributed by atoms with Gasteiger partial charge < -0.3 is 14.8 Å². The van der Waals surface area contributed by atoms with Crippen molar-refractivity contribution >= 4 is 23.4 Å². The second-order valence-electron chi connectivity index (χ2n) is 3.38. The van der Waals surface area contributed by atoms with Crippen LogP contribution in [0.3, 0.4) is 0 Å². The SMILES string of the molecule is COC(=O)[C@H]1NC(=S)O[C@@H]1c1ccccc1. The molecule has 1 saturated heterocycles. The molecule has 1 aliphatic heterocycles. The number of rotatable bonds is 2. The van der Waals surface area contributed by atoms with Gasteiger partial charge in [0.1, 0.15) is 0 Å². The monoisotopic (exact) mass is 237 g/mol. The number of nitrogens with one attached hydrogen (secondary N) is 1. The lowest BCUT2D eigenvalue weighted by atomic mass is 10.0. The first-order valence-electron chi connectivity index (χ1n) is 4.82. The molecule has 0 bridgehead atoms. The van der Waals surface area contributed by atoms with Crippen molar-refractivity contribution in [2.75, 3.05) is 7.11 Å². The summed E-state index contributed by atoms with van der Waals surface area (Å²) in [5.74, 6) is -0.381. The maximum absolute atomic E-state index is 11.5. The number of benzene rings is 1. The van der Waals surface area contributed by atoms with Crippen molar-refractivity contribution in [3.8, 4) is 0 Å². The average molecular weight is 237 g/mol. The Morgan fingerprint density at radius 1 is 1.44 bits per heavy atom. The molecule has 0 aromatic heterocycles. The Bertz CT molecular complexity index is 407. The highest BCUT2D eigenvalue weighted by Crippen LogP contribution is 2.26. The van der Waals surface area contributed by atoms with E-state index in [0.29, 0.717) is 0 Å². The number of thiocarbonyl (C=S) groups is 1. The summed E-state index contributed by atoms with van der Waals surface area (Å²) in [7, 11) is 1.34. The number of hydrogen-bond donors (Lipinski definition) is 1. The van der Waals surface area contributed by atoms with E-state index < -0.39 is 12.1 Å². The molecule has 0 aliphatic carbocycles. The highest BCUT2D eigenvalue weighted by Gasteiger charge is 2.39. The van der Waals surface area contributed by atoms with E-state index in [2.05, 4.69) is 5.32 Å². The van der Waals surface area contributed by atoms with Crippen LogP contribution >= 0.6 is 12.2 Å². The maximum Gasteiger partial charge on any atom is 0.332 e. The zero-order chi connectivity index (χ0) is 11.5. The summed E-state index contributed by atoms with van der Waals surface area (Å²) in [6, 6.07) is 8.87. The second kappa shape index (κ2) is 4.49. The standard InChI is InChI=1S/C11H11NO3S/c1-14-10(13)8-9(15-11(16)12-8)7-5-3-2-4-6-7/h2-6,8-9H,1H3,(H,12,16)/t8-,9+/m0/s1.